The number of fused-ring (bicyclic) bond motifs is 2. The molecule has 0 fully saturated rings. The topological polar surface area (TPSA) is 46.2 Å². The number of Topliss-reactive ketones (excluding diaryl/α,β-unsaturated/α-hetero) is 2. The van der Waals surface area contributed by atoms with Crippen LogP contribution in [-0.4, -0.2) is 11.6 Å². The first-order valence-electron chi connectivity index (χ1n) is 9.53. The molecule has 3 nitrogen and oxygen atoms in total. The number of allylic oxidation sites excluding steroid dienone is 3. The number of dihydropyridines is 1. The molecular formula is C24H20BrNO2. The highest BCUT2D eigenvalue weighted by Crippen LogP contribution is 2.51. The summed E-state index contributed by atoms with van der Waals surface area (Å²) in [5.74, 6) is -0.153. The van der Waals surface area contributed by atoms with Gasteiger partial charge in [0.25, 0.3) is 0 Å². The highest BCUT2D eigenvalue weighted by molar-refractivity contribution is 9.10. The van der Waals surface area contributed by atoms with Crippen molar-refractivity contribution in [1.82, 2.24) is 5.32 Å². The summed E-state index contributed by atoms with van der Waals surface area (Å²) < 4.78 is 0.978. The van der Waals surface area contributed by atoms with Crippen LogP contribution in [0.4, 0.5) is 0 Å². The number of nitrogens with one attached hydrogen (secondary N) is 1. The van der Waals surface area contributed by atoms with Crippen molar-refractivity contribution in [3.8, 4) is 0 Å². The lowest BCUT2D eigenvalue weighted by atomic mass is 9.68. The number of hydrogen-bond acceptors (Lipinski definition) is 3. The average molecular weight is 434 g/mol. The van der Waals surface area contributed by atoms with E-state index in [0.29, 0.717) is 17.6 Å². The highest BCUT2D eigenvalue weighted by atomic mass is 79.9. The summed E-state index contributed by atoms with van der Waals surface area (Å²) in [5, 5.41) is 3.51. The summed E-state index contributed by atoms with van der Waals surface area (Å²) >= 11 is 3.49. The first kappa shape index (κ1) is 17.6. The Morgan fingerprint density at radius 3 is 2.32 bits per heavy atom. The number of rotatable bonds is 1. The van der Waals surface area contributed by atoms with Gasteiger partial charge in [-0.25, -0.2) is 0 Å². The van der Waals surface area contributed by atoms with E-state index >= 15 is 0 Å². The Bertz CT molecular complexity index is 1110. The molecule has 0 amide bonds. The second kappa shape index (κ2) is 6.02. The van der Waals surface area contributed by atoms with Crippen molar-refractivity contribution in [1.29, 1.82) is 0 Å². The van der Waals surface area contributed by atoms with Gasteiger partial charge in [-0.05, 0) is 29.5 Å². The van der Waals surface area contributed by atoms with Crippen LogP contribution >= 0.6 is 15.9 Å². The van der Waals surface area contributed by atoms with Gasteiger partial charge in [0, 0.05) is 44.8 Å². The predicted octanol–water partition coefficient (Wildman–Crippen LogP) is 5.39. The first-order valence-corrected chi connectivity index (χ1v) is 10.3. The van der Waals surface area contributed by atoms with Gasteiger partial charge in [0.05, 0.1) is 5.70 Å². The Balaban J connectivity index is 1.75. The monoisotopic (exact) mass is 433 g/mol. The van der Waals surface area contributed by atoms with Crippen molar-refractivity contribution in [3.05, 3.63) is 86.5 Å². The van der Waals surface area contributed by atoms with Crippen LogP contribution in [0.2, 0.25) is 0 Å². The van der Waals surface area contributed by atoms with Gasteiger partial charge < -0.3 is 5.32 Å². The summed E-state index contributed by atoms with van der Waals surface area (Å²) in [4.78, 5) is 26.6. The third-order valence-corrected chi connectivity index (χ3v) is 6.46. The van der Waals surface area contributed by atoms with Crippen molar-refractivity contribution in [2.45, 2.75) is 32.6 Å². The summed E-state index contributed by atoms with van der Waals surface area (Å²) in [6.45, 7) is 4.26. The predicted molar refractivity (Wildman–Crippen MR) is 113 cm³/mol. The van der Waals surface area contributed by atoms with Gasteiger partial charge in [0.1, 0.15) is 0 Å². The number of halogens is 1. The first-order chi connectivity index (χ1) is 13.4. The molecule has 4 heteroatoms. The smallest absolute Gasteiger partial charge is 0.192 e. The lowest BCUT2D eigenvalue weighted by Crippen LogP contribution is -2.37. The maximum Gasteiger partial charge on any atom is 0.192 e. The van der Waals surface area contributed by atoms with Gasteiger partial charge >= 0.3 is 0 Å². The molecular weight excluding hydrogens is 414 g/mol. The SMILES string of the molecule is CC1(C)CC(=O)C2=C(C1)NC1=C(C(=O)c3ccccc31)[C@@H]2c1ccc(Br)cc1. The molecule has 28 heavy (non-hydrogen) atoms. The van der Waals surface area contributed by atoms with E-state index in [-0.39, 0.29) is 22.9 Å². The lowest BCUT2D eigenvalue weighted by molar-refractivity contribution is -0.118. The molecule has 1 heterocycles. The third-order valence-electron chi connectivity index (χ3n) is 5.93. The molecule has 0 bridgehead atoms. The Kier molecular flexibility index (Phi) is 3.79. The van der Waals surface area contributed by atoms with Gasteiger partial charge in [-0.2, -0.15) is 0 Å². The Morgan fingerprint density at radius 1 is 0.929 bits per heavy atom. The van der Waals surface area contributed by atoms with E-state index in [4.69, 9.17) is 0 Å². The highest BCUT2D eigenvalue weighted by Gasteiger charge is 2.46. The van der Waals surface area contributed by atoms with Crippen LogP contribution in [-0.2, 0) is 4.79 Å². The van der Waals surface area contributed by atoms with Crippen LogP contribution in [0.5, 0.6) is 0 Å². The van der Waals surface area contributed by atoms with Crippen molar-refractivity contribution >= 4 is 33.2 Å². The van der Waals surface area contributed by atoms with E-state index < -0.39 is 0 Å². The van der Waals surface area contributed by atoms with Crippen LogP contribution in [0.1, 0.15) is 54.1 Å². The average Bonchev–Trinajstić information content (AvgIpc) is 2.93. The number of benzene rings is 2. The molecule has 2 aliphatic carbocycles. The zero-order valence-corrected chi connectivity index (χ0v) is 17.4. The van der Waals surface area contributed by atoms with Crippen LogP contribution in [0.15, 0.2) is 69.8 Å². The van der Waals surface area contributed by atoms with E-state index in [1.165, 1.54) is 0 Å². The minimum absolute atomic E-state index is 0.0233. The fraction of sp³-hybridized carbons (Fsp3) is 0.250. The maximum atomic E-state index is 13.3. The fourth-order valence-corrected chi connectivity index (χ4v) is 5.04. The number of carbonyl (C=O) groups is 2. The molecule has 0 saturated carbocycles. The third kappa shape index (κ3) is 2.55. The van der Waals surface area contributed by atoms with Gasteiger partial charge in [-0.15, -0.1) is 0 Å². The molecule has 0 unspecified atom stereocenters. The zero-order chi connectivity index (χ0) is 19.6. The van der Waals surface area contributed by atoms with Crippen molar-refractivity contribution in [3.63, 3.8) is 0 Å². The number of hydrogen-bond donors (Lipinski definition) is 1. The molecule has 0 saturated heterocycles. The molecule has 140 valence electrons. The van der Waals surface area contributed by atoms with Crippen LogP contribution < -0.4 is 5.32 Å². The van der Waals surface area contributed by atoms with E-state index in [1.54, 1.807) is 0 Å². The molecule has 0 radical (unpaired) electrons. The molecule has 0 spiro atoms. The largest absolute Gasteiger partial charge is 0.358 e. The molecule has 5 rings (SSSR count). The Morgan fingerprint density at radius 2 is 1.61 bits per heavy atom. The van der Waals surface area contributed by atoms with Crippen molar-refractivity contribution in [2.24, 2.45) is 5.41 Å². The van der Waals surface area contributed by atoms with Gasteiger partial charge in [-0.3, -0.25) is 9.59 Å². The second-order valence-electron chi connectivity index (χ2n) is 8.61. The Hall–Kier alpha value is -2.46. The van der Waals surface area contributed by atoms with Crippen molar-refractivity contribution < 1.29 is 9.59 Å². The van der Waals surface area contributed by atoms with Crippen LogP contribution in [0.3, 0.4) is 0 Å². The standard InChI is InChI=1S/C24H20BrNO2/c1-24(2)11-17-20(18(27)12-24)19(13-7-9-14(25)10-8-13)21-22(26-17)15-5-3-4-6-16(15)23(21)28/h3-10,19,26H,11-12H2,1-2H3/t19-/m1/s1. The molecule has 2 aromatic carbocycles. The molecule has 1 atom stereocenters. The maximum absolute atomic E-state index is 13.3. The molecule has 1 aliphatic heterocycles. The van der Waals surface area contributed by atoms with Gasteiger partial charge in [0.2, 0.25) is 0 Å². The minimum Gasteiger partial charge on any atom is -0.358 e. The summed E-state index contributed by atoms with van der Waals surface area (Å²) in [6, 6.07) is 15.7. The molecule has 1 N–H and O–H groups in total. The van der Waals surface area contributed by atoms with Crippen molar-refractivity contribution in [2.75, 3.05) is 0 Å². The number of carbonyl (C=O) groups excluding carboxylic acids is 2. The van der Waals surface area contributed by atoms with Gasteiger partial charge in [0.15, 0.2) is 11.6 Å². The summed E-state index contributed by atoms with van der Waals surface area (Å²) in [6.07, 6.45) is 1.30. The van der Waals surface area contributed by atoms with E-state index in [0.717, 1.165) is 39.0 Å². The van der Waals surface area contributed by atoms with Crippen LogP contribution in [0.25, 0.3) is 5.70 Å². The fourth-order valence-electron chi connectivity index (χ4n) is 4.78. The van der Waals surface area contributed by atoms with Gasteiger partial charge in [-0.1, -0.05) is 66.2 Å². The molecule has 2 aromatic rings. The second-order valence-corrected chi connectivity index (χ2v) is 9.52. The minimum atomic E-state index is -0.317. The van der Waals surface area contributed by atoms with E-state index in [9.17, 15) is 9.59 Å². The lowest BCUT2D eigenvalue weighted by Gasteiger charge is -2.39. The normalized spacial score (nSPS) is 22.6. The van der Waals surface area contributed by atoms with Crippen LogP contribution in [0, 0.1) is 5.41 Å². The molecule has 0 aromatic heterocycles. The zero-order valence-electron chi connectivity index (χ0n) is 15.8. The number of ketones is 2. The summed E-state index contributed by atoms with van der Waals surface area (Å²) in [7, 11) is 0. The Labute approximate surface area is 172 Å². The quantitative estimate of drug-likeness (QED) is 0.655. The van der Waals surface area contributed by atoms with E-state index in [2.05, 4.69) is 35.1 Å². The van der Waals surface area contributed by atoms with E-state index in [1.807, 2.05) is 48.5 Å². The molecule has 3 aliphatic rings. The summed E-state index contributed by atoms with van der Waals surface area (Å²) in [5.41, 5.74) is 5.86.